The highest BCUT2D eigenvalue weighted by Gasteiger charge is 2.21. The van der Waals surface area contributed by atoms with Crippen LogP contribution in [0.4, 0.5) is 5.95 Å². The van der Waals surface area contributed by atoms with Gasteiger partial charge in [-0.05, 0) is 24.3 Å². The summed E-state index contributed by atoms with van der Waals surface area (Å²) in [5, 5.41) is 8.09. The molecule has 7 nitrogen and oxygen atoms in total. The van der Waals surface area contributed by atoms with Crippen LogP contribution in [0, 0.1) is 0 Å². The van der Waals surface area contributed by atoms with E-state index in [2.05, 4.69) is 15.2 Å². The normalized spacial score (nSPS) is 10.5. The van der Waals surface area contributed by atoms with Crippen molar-refractivity contribution in [3.63, 3.8) is 0 Å². The Morgan fingerprint density at radius 3 is 2.27 bits per heavy atom. The van der Waals surface area contributed by atoms with Gasteiger partial charge in [0.2, 0.25) is 5.95 Å². The predicted octanol–water partition coefficient (Wildman–Crippen LogP) is 1.93. The molecule has 3 rings (SSSR count). The van der Waals surface area contributed by atoms with Crippen LogP contribution in [0.3, 0.4) is 0 Å². The van der Waals surface area contributed by atoms with Gasteiger partial charge < -0.3 is 15.2 Å². The van der Waals surface area contributed by atoms with Crippen LogP contribution < -0.4 is 15.2 Å². The second-order valence-electron chi connectivity index (χ2n) is 4.44. The second kappa shape index (κ2) is 5.72. The first kappa shape index (κ1) is 13.9. The van der Waals surface area contributed by atoms with Gasteiger partial charge >= 0.3 is 0 Å². The molecule has 0 aliphatic carbocycles. The fourth-order valence-electron chi connectivity index (χ4n) is 2.23. The van der Waals surface area contributed by atoms with E-state index >= 15 is 0 Å². The van der Waals surface area contributed by atoms with Crippen molar-refractivity contribution in [3.05, 3.63) is 42.6 Å². The smallest absolute Gasteiger partial charge is 0.227 e. The summed E-state index contributed by atoms with van der Waals surface area (Å²) in [5.74, 6) is 1.94. The molecule has 7 heteroatoms. The highest BCUT2D eigenvalue weighted by Crippen LogP contribution is 2.36. The van der Waals surface area contributed by atoms with Crippen molar-refractivity contribution in [3.8, 4) is 28.7 Å². The van der Waals surface area contributed by atoms with Gasteiger partial charge in [0, 0.05) is 6.20 Å². The zero-order valence-electron chi connectivity index (χ0n) is 12.2. The minimum atomic E-state index is 0.225. The van der Waals surface area contributed by atoms with Crippen molar-refractivity contribution in [2.24, 2.45) is 0 Å². The molecule has 0 bridgehead atoms. The molecule has 0 fully saturated rings. The van der Waals surface area contributed by atoms with Gasteiger partial charge in [-0.3, -0.25) is 9.55 Å². The maximum atomic E-state index is 6.01. The first-order valence-electron chi connectivity index (χ1n) is 6.60. The van der Waals surface area contributed by atoms with E-state index in [0.717, 1.165) is 0 Å². The van der Waals surface area contributed by atoms with Gasteiger partial charge in [-0.25, -0.2) is 0 Å². The zero-order chi connectivity index (χ0) is 15.5. The number of para-hydroxylation sites is 1. The Kier molecular flexibility index (Phi) is 3.61. The number of ether oxygens (including phenoxy) is 2. The van der Waals surface area contributed by atoms with Crippen molar-refractivity contribution in [1.29, 1.82) is 0 Å². The van der Waals surface area contributed by atoms with Crippen molar-refractivity contribution in [2.45, 2.75) is 0 Å². The van der Waals surface area contributed by atoms with E-state index in [-0.39, 0.29) is 5.95 Å². The maximum absolute atomic E-state index is 6.01. The van der Waals surface area contributed by atoms with Gasteiger partial charge in [0.1, 0.15) is 22.9 Å². The number of nitrogens with two attached hydrogens (primary N) is 1. The summed E-state index contributed by atoms with van der Waals surface area (Å²) in [4.78, 5) is 4.30. The number of nitrogens with zero attached hydrogens (tertiary/aromatic N) is 4. The third kappa shape index (κ3) is 2.22. The lowest BCUT2D eigenvalue weighted by atomic mass is 10.2. The van der Waals surface area contributed by atoms with Gasteiger partial charge in [-0.1, -0.05) is 12.1 Å². The van der Waals surface area contributed by atoms with E-state index in [1.54, 1.807) is 25.0 Å². The molecule has 0 aliphatic rings. The van der Waals surface area contributed by atoms with Gasteiger partial charge in [0.15, 0.2) is 5.82 Å². The van der Waals surface area contributed by atoms with Crippen LogP contribution >= 0.6 is 0 Å². The molecule has 0 amide bonds. The number of benzene rings is 1. The molecule has 0 unspecified atom stereocenters. The van der Waals surface area contributed by atoms with Crippen LogP contribution in [0.5, 0.6) is 11.5 Å². The second-order valence-corrected chi connectivity index (χ2v) is 4.44. The van der Waals surface area contributed by atoms with Crippen molar-refractivity contribution < 1.29 is 9.47 Å². The number of methoxy groups -OCH3 is 2. The lowest BCUT2D eigenvalue weighted by Crippen LogP contribution is -2.07. The Hall–Kier alpha value is -3.09. The van der Waals surface area contributed by atoms with Crippen LogP contribution in [-0.2, 0) is 0 Å². The van der Waals surface area contributed by atoms with Gasteiger partial charge in [-0.2, -0.15) is 0 Å². The van der Waals surface area contributed by atoms with E-state index in [9.17, 15) is 0 Å². The number of rotatable bonds is 4. The molecule has 3 aromatic rings. The molecule has 0 atom stereocenters. The average Bonchev–Trinajstić information content (AvgIpc) is 2.96. The molecular weight excluding hydrogens is 282 g/mol. The molecule has 2 N–H and O–H groups in total. The van der Waals surface area contributed by atoms with Crippen molar-refractivity contribution >= 4 is 5.95 Å². The Labute approximate surface area is 127 Å². The molecule has 2 aromatic heterocycles. The number of hydrogen-bond acceptors (Lipinski definition) is 6. The fraction of sp³-hybridized carbons (Fsp3) is 0.133. The largest absolute Gasteiger partial charge is 0.494 e. The van der Waals surface area contributed by atoms with E-state index in [1.807, 2.05) is 36.4 Å². The minimum absolute atomic E-state index is 0.225. The molecule has 0 aliphatic heterocycles. The molecular formula is C15H15N5O2. The Morgan fingerprint density at radius 2 is 1.68 bits per heavy atom. The zero-order valence-corrected chi connectivity index (χ0v) is 12.2. The summed E-state index contributed by atoms with van der Waals surface area (Å²) in [6.07, 6.45) is 1.68. The van der Waals surface area contributed by atoms with Crippen molar-refractivity contribution in [2.75, 3.05) is 20.0 Å². The molecule has 2 heterocycles. The van der Waals surface area contributed by atoms with E-state index in [1.165, 1.54) is 0 Å². The summed E-state index contributed by atoms with van der Waals surface area (Å²) in [6, 6.07) is 11.0. The summed E-state index contributed by atoms with van der Waals surface area (Å²) >= 11 is 0. The van der Waals surface area contributed by atoms with Gasteiger partial charge in [-0.15, -0.1) is 10.2 Å². The summed E-state index contributed by atoms with van der Waals surface area (Å²) in [6.45, 7) is 0. The lowest BCUT2D eigenvalue weighted by Gasteiger charge is -2.15. The van der Waals surface area contributed by atoms with E-state index in [0.29, 0.717) is 28.7 Å². The SMILES string of the molecule is COc1cccc(OC)c1-n1c(N)nnc1-c1ccccn1. The van der Waals surface area contributed by atoms with Crippen LogP contribution in [0.1, 0.15) is 0 Å². The molecule has 0 spiro atoms. The fourth-order valence-corrected chi connectivity index (χ4v) is 2.23. The first-order valence-corrected chi connectivity index (χ1v) is 6.60. The lowest BCUT2D eigenvalue weighted by molar-refractivity contribution is 0.391. The molecule has 0 saturated heterocycles. The van der Waals surface area contributed by atoms with Gasteiger partial charge in [0.25, 0.3) is 0 Å². The highest BCUT2D eigenvalue weighted by molar-refractivity contribution is 5.65. The number of hydrogen-bond donors (Lipinski definition) is 1. The predicted molar refractivity (Wildman–Crippen MR) is 82.1 cm³/mol. The average molecular weight is 297 g/mol. The van der Waals surface area contributed by atoms with Crippen LogP contribution in [0.25, 0.3) is 17.2 Å². The molecule has 1 aromatic carbocycles. The third-order valence-corrected chi connectivity index (χ3v) is 3.21. The standard InChI is InChI=1S/C15H15N5O2/c1-21-11-7-5-8-12(22-2)13(11)20-14(18-19-15(20)16)10-6-3-4-9-17-10/h3-9H,1-2H3,(H2,16,19). The van der Waals surface area contributed by atoms with Crippen molar-refractivity contribution in [1.82, 2.24) is 19.7 Å². The molecule has 22 heavy (non-hydrogen) atoms. The number of anilines is 1. The number of pyridine rings is 1. The first-order chi connectivity index (χ1) is 10.8. The maximum Gasteiger partial charge on any atom is 0.227 e. The quantitative estimate of drug-likeness (QED) is 0.791. The summed E-state index contributed by atoms with van der Waals surface area (Å²) < 4.78 is 12.5. The summed E-state index contributed by atoms with van der Waals surface area (Å²) in [7, 11) is 3.17. The topological polar surface area (TPSA) is 88.1 Å². The van der Waals surface area contributed by atoms with Crippen LogP contribution in [0.2, 0.25) is 0 Å². The van der Waals surface area contributed by atoms with Gasteiger partial charge in [0.05, 0.1) is 14.2 Å². The Balaban J connectivity index is 2.28. The molecule has 112 valence electrons. The minimum Gasteiger partial charge on any atom is -0.494 e. The summed E-state index contributed by atoms with van der Waals surface area (Å²) in [5.41, 5.74) is 7.30. The third-order valence-electron chi connectivity index (χ3n) is 3.21. The van der Waals surface area contributed by atoms with Crippen LogP contribution in [-0.4, -0.2) is 34.0 Å². The highest BCUT2D eigenvalue weighted by atomic mass is 16.5. The van der Waals surface area contributed by atoms with E-state index < -0.39 is 0 Å². The molecule has 0 radical (unpaired) electrons. The van der Waals surface area contributed by atoms with E-state index in [4.69, 9.17) is 15.2 Å². The monoisotopic (exact) mass is 297 g/mol. The van der Waals surface area contributed by atoms with Crippen LogP contribution in [0.15, 0.2) is 42.6 Å². The Bertz CT molecular complexity index is 764. The Morgan fingerprint density at radius 1 is 0.955 bits per heavy atom. The number of nitrogen functional groups attached to an aromatic ring is 1. The number of aromatic nitrogens is 4. The molecule has 0 saturated carbocycles.